The van der Waals surface area contributed by atoms with Crippen molar-refractivity contribution in [2.45, 2.75) is 39.2 Å². The summed E-state index contributed by atoms with van der Waals surface area (Å²) in [5, 5.41) is 0.728. The number of benzene rings is 1. The van der Waals surface area contributed by atoms with Gasteiger partial charge in [0.25, 0.3) is 0 Å². The Morgan fingerprint density at radius 1 is 1.42 bits per heavy atom. The number of rotatable bonds is 2. The second-order valence-electron chi connectivity index (χ2n) is 6.09. The fourth-order valence-corrected chi connectivity index (χ4v) is 3.06. The summed E-state index contributed by atoms with van der Waals surface area (Å²) in [6.07, 6.45) is 0. The Labute approximate surface area is 119 Å². The van der Waals surface area contributed by atoms with Crippen molar-refractivity contribution in [3.05, 3.63) is 28.8 Å². The van der Waals surface area contributed by atoms with Gasteiger partial charge in [-0.1, -0.05) is 38.4 Å². The van der Waals surface area contributed by atoms with Crippen molar-refractivity contribution >= 4 is 23.2 Å². The molecule has 3 nitrogen and oxygen atoms in total. The molecule has 4 heteroatoms. The maximum Gasteiger partial charge on any atom is 0.231 e. The van der Waals surface area contributed by atoms with Gasteiger partial charge in [0.15, 0.2) is 0 Å². The Morgan fingerprint density at radius 2 is 2.05 bits per heavy atom. The van der Waals surface area contributed by atoms with Gasteiger partial charge >= 0.3 is 0 Å². The fourth-order valence-electron chi connectivity index (χ4n) is 2.63. The topological polar surface area (TPSA) is 46.3 Å². The minimum absolute atomic E-state index is 0.0732. The van der Waals surface area contributed by atoms with E-state index in [4.69, 9.17) is 17.3 Å². The molecule has 0 bridgehead atoms. The third-order valence-electron chi connectivity index (χ3n) is 3.96. The normalized spacial score (nSPS) is 20.0. The number of carbonyl (C=O) groups is 1. The molecule has 1 heterocycles. The van der Waals surface area contributed by atoms with Crippen LogP contribution in [0.25, 0.3) is 0 Å². The molecule has 1 aromatic rings. The van der Waals surface area contributed by atoms with Gasteiger partial charge in [-0.3, -0.25) is 4.79 Å². The number of hydrogen-bond acceptors (Lipinski definition) is 2. The molecule has 1 amide bonds. The van der Waals surface area contributed by atoms with Crippen LogP contribution < -0.4 is 10.6 Å². The molecule has 0 aliphatic carbocycles. The minimum atomic E-state index is -0.194. The van der Waals surface area contributed by atoms with E-state index in [-0.39, 0.29) is 23.3 Å². The van der Waals surface area contributed by atoms with Gasteiger partial charge in [-0.15, -0.1) is 0 Å². The lowest BCUT2D eigenvalue weighted by Crippen LogP contribution is -2.42. The van der Waals surface area contributed by atoms with Crippen LogP contribution in [0.15, 0.2) is 18.2 Å². The molecule has 0 saturated carbocycles. The molecule has 104 valence electrons. The third-order valence-corrected chi connectivity index (χ3v) is 4.27. The molecule has 2 N–H and O–H groups in total. The third kappa shape index (κ3) is 2.37. The largest absolute Gasteiger partial charge is 0.327 e. The van der Waals surface area contributed by atoms with Crippen LogP contribution in [0, 0.1) is 5.92 Å². The van der Waals surface area contributed by atoms with Gasteiger partial charge in [-0.2, -0.15) is 0 Å². The lowest BCUT2D eigenvalue weighted by atomic mass is 9.87. The van der Waals surface area contributed by atoms with Gasteiger partial charge in [0.05, 0.1) is 5.92 Å². The maximum atomic E-state index is 12.6. The minimum Gasteiger partial charge on any atom is -0.327 e. The van der Waals surface area contributed by atoms with Crippen molar-refractivity contribution in [3.63, 3.8) is 0 Å². The lowest BCUT2D eigenvalue weighted by molar-refractivity contribution is -0.122. The summed E-state index contributed by atoms with van der Waals surface area (Å²) < 4.78 is 0. The highest BCUT2D eigenvalue weighted by atomic mass is 35.5. The monoisotopic (exact) mass is 280 g/mol. The number of halogens is 1. The summed E-state index contributed by atoms with van der Waals surface area (Å²) in [4.78, 5) is 14.4. The number of nitrogens with two attached hydrogens (primary N) is 1. The molecule has 1 aliphatic rings. The van der Waals surface area contributed by atoms with E-state index >= 15 is 0 Å². The second kappa shape index (κ2) is 4.80. The molecule has 0 fully saturated rings. The van der Waals surface area contributed by atoms with E-state index in [0.717, 1.165) is 16.3 Å². The molecule has 1 aromatic carbocycles. The van der Waals surface area contributed by atoms with Crippen LogP contribution >= 0.6 is 11.6 Å². The van der Waals surface area contributed by atoms with Crippen LogP contribution in [0.3, 0.4) is 0 Å². The van der Waals surface area contributed by atoms with E-state index in [9.17, 15) is 4.79 Å². The van der Waals surface area contributed by atoms with Gasteiger partial charge in [0.2, 0.25) is 5.91 Å². The van der Waals surface area contributed by atoms with E-state index in [2.05, 4.69) is 13.8 Å². The highest BCUT2D eigenvalue weighted by Crippen LogP contribution is 2.44. The van der Waals surface area contributed by atoms with Crippen molar-refractivity contribution in [1.82, 2.24) is 0 Å². The average Bonchev–Trinajstić information content (AvgIpc) is 2.60. The van der Waals surface area contributed by atoms with E-state index < -0.39 is 0 Å². The van der Waals surface area contributed by atoms with Crippen LogP contribution in [0.4, 0.5) is 5.69 Å². The number of anilines is 1. The first kappa shape index (κ1) is 14.4. The molecule has 2 rings (SSSR count). The standard InChI is InChI=1S/C15H21ClN2O/c1-9(10(2)17)14(19)18-8-15(3,4)13-11(16)6-5-7-12(13)18/h5-7,9-10H,8,17H2,1-4H3. The summed E-state index contributed by atoms with van der Waals surface area (Å²) in [6, 6.07) is 5.57. The summed E-state index contributed by atoms with van der Waals surface area (Å²) in [7, 11) is 0. The smallest absolute Gasteiger partial charge is 0.231 e. The predicted molar refractivity (Wildman–Crippen MR) is 79.6 cm³/mol. The summed E-state index contributed by atoms with van der Waals surface area (Å²) in [6.45, 7) is 8.62. The van der Waals surface area contributed by atoms with Crippen LogP contribution in [0.1, 0.15) is 33.3 Å². The van der Waals surface area contributed by atoms with Crippen molar-refractivity contribution in [1.29, 1.82) is 0 Å². The average molecular weight is 281 g/mol. The van der Waals surface area contributed by atoms with E-state index in [1.807, 2.05) is 36.9 Å². The van der Waals surface area contributed by atoms with Crippen molar-refractivity contribution in [2.24, 2.45) is 11.7 Å². The molecule has 2 atom stereocenters. The summed E-state index contributed by atoms with van der Waals surface area (Å²) >= 11 is 6.30. The first-order valence-electron chi connectivity index (χ1n) is 6.61. The first-order valence-corrected chi connectivity index (χ1v) is 6.99. The van der Waals surface area contributed by atoms with Crippen LogP contribution in [-0.2, 0) is 10.2 Å². The highest BCUT2D eigenvalue weighted by molar-refractivity contribution is 6.32. The number of nitrogens with zero attached hydrogens (tertiary/aromatic N) is 1. The molecule has 19 heavy (non-hydrogen) atoms. The quantitative estimate of drug-likeness (QED) is 0.905. The molecule has 0 aromatic heterocycles. The Kier molecular flexibility index (Phi) is 3.63. The van der Waals surface area contributed by atoms with Crippen molar-refractivity contribution in [2.75, 3.05) is 11.4 Å². The van der Waals surface area contributed by atoms with Gasteiger partial charge in [0.1, 0.15) is 0 Å². The molecule has 0 spiro atoms. The van der Waals surface area contributed by atoms with Crippen molar-refractivity contribution < 1.29 is 4.79 Å². The summed E-state index contributed by atoms with van der Waals surface area (Å²) in [5.74, 6) is -0.121. The van der Waals surface area contributed by atoms with Crippen molar-refractivity contribution in [3.8, 4) is 0 Å². The second-order valence-corrected chi connectivity index (χ2v) is 6.50. The van der Waals surface area contributed by atoms with E-state index in [1.165, 1.54) is 0 Å². The highest BCUT2D eigenvalue weighted by Gasteiger charge is 2.40. The zero-order valence-corrected chi connectivity index (χ0v) is 12.7. The number of amides is 1. The molecule has 0 radical (unpaired) electrons. The van der Waals surface area contributed by atoms with Crippen LogP contribution in [0.2, 0.25) is 5.02 Å². The van der Waals surface area contributed by atoms with Gasteiger partial charge in [0, 0.05) is 34.3 Å². The van der Waals surface area contributed by atoms with E-state index in [1.54, 1.807) is 0 Å². The Hall–Kier alpha value is -1.06. The zero-order chi connectivity index (χ0) is 14.4. The maximum absolute atomic E-state index is 12.6. The summed E-state index contributed by atoms with van der Waals surface area (Å²) in [5.41, 5.74) is 7.71. The van der Waals surface area contributed by atoms with Crippen LogP contribution in [-0.4, -0.2) is 18.5 Å². The lowest BCUT2D eigenvalue weighted by Gasteiger charge is -2.25. The van der Waals surface area contributed by atoms with Gasteiger partial charge in [-0.25, -0.2) is 0 Å². The molecular weight excluding hydrogens is 260 g/mol. The van der Waals surface area contributed by atoms with Gasteiger partial charge in [-0.05, 0) is 19.1 Å². The zero-order valence-electron chi connectivity index (χ0n) is 11.9. The predicted octanol–water partition coefficient (Wildman–Crippen LogP) is 2.95. The van der Waals surface area contributed by atoms with Crippen LogP contribution in [0.5, 0.6) is 0 Å². The van der Waals surface area contributed by atoms with E-state index in [0.29, 0.717) is 6.54 Å². The fraction of sp³-hybridized carbons (Fsp3) is 0.533. The first-order chi connectivity index (χ1) is 8.75. The Balaban J connectivity index is 2.44. The Morgan fingerprint density at radius 3 is 2.63 bits per heavy atom. The van der Waals surface area contributed by atoms with Gasteiger partial charge < -0.3 is 10.6 Å². The number of carbonyl (C=O) groups excluding carboxylic acids is 1. The molecule has 0 saturated heterocycles. The molecule has 2 unspecified atom stereocenters. The SMILES string of the molecule is CC(N)C(C)C(=O)N1CC(C)(C)c2c(Cl)cccc21. The number of fused-ring (bicyclic) bond motifs is 1. The number of hydrogen-bond donors (Lipinski definition) is 1. The Bertz CT molecular complexity index is 511. The molecule has 1 aliphatic heterocycles. The molecular formula is C15H21ClN2O.